The third-order valence-corrected chi connectivity index (χ3v) is 5.11. The highest BCUT2D eigenvalue weighted by Crippen LogP contribution is 2.22. The molecule has 0 unspecified atom stereocenters. The lowest BCUT2D eigenvalue weighted by Crippen LogP contribution is -2.13. The molecule has 6 nitrogen and oxygen atoms in total. The summed E-state index contributed by atoms with van der Waals surface area (Å²) in [6, 6.07) is 16.6. The zero-order chi connectivity index (χ0) is 18.6. The molecule has 0 spiro atoms. The van der Waals surface area contributed by atoms with E-state index in [-0.39, 0.29) is 4.90 Å². The molecule has 3 aromatic rings. The molecule has 0 saturated heterocycles. The Morgan fingerprint density at radius 1 is 1.00 bits per heavy atom. The van der Waals surface area contributed by atoms with Gasteiger partial charge in [-0.05, 0) is 54.6 Å². The Morgan fingerprint density at radius 3 is 2.38 bits per heavy atom. The average molecular weight is 390 g/mol. The van der Waals surface area contributed by atoms with Crippen LogP contribution in [0.1, 0.15) is 0 Å². The molecule has 0 saturated carbocycles. The van der Waals surface area contributed by atoms with E-state index >= 15 is 0 Å². The van der Waals surface area contributed by atoms with Crippen LogP contribution in [0, 0.1) is 0 Å². The molecule has 0 radical (unpaired) electrons. The van der Waals surface area contributed by atoms with Crippen molar-refractivity contribution in [3.8, 4) is 5.75 Å². The van der Waals surface area contributed by atoms with E-state index in [4.69, 9.17) is 16.3 Å². The number of benzene rings is 2. The first kappa shape index (κ1) is 18.0. The van der Waals surface area contributed by atoms with Crippen LogP contribution in [-0.2, 0) is 10.0 Å². The second kappa shape index (κ2) is 7.63. The molecule has 0 amide bonds. The minimum atomic E-state index is -3.70. The van der Waals surface area contributed by atoms with Crippen molar-refractivity contribution < 1.29 is 13.2 Å². The molecular formula is C18H16ClN3O3S. The van der Waals surface area contributed by atoms with Gasteiger partial charge in [0.15, 0.2) is 0 Å². The summed E-state index contributed by atoms with van der Waals surface area (Å²) in [5.74, 6) is 1.15. The van der Waals surface area contributed by atoms with Crippen LogP contribution in [0.25, 0.3) is 0 Å². The molecule has 26 heavy (non-hydrogen) atoms. The number of nitrogens with zero attached hydrogens (tertiary/aromatic N) is 1. The van der Waals surface area contributed by atoms with Crippen LogP contribution in [0.3, 0.4) is 0 Å². The summed E-state index contributed by atoms with van der Waals surface area (Å²) < 4.78 is 32.3. The normalized spacial score (nSPS) is 11.0. The fourth-order valence-electron chi connectivity index (χ4n) is 2.21. The Hall–Kier alpha value is -2.77. The SMILES string of the molecule is COc1ccc(S(=O)(=O)Nc2ccc(Nc3cccc(Cl)c3)nc2)cc1. The van der Waals surface area contributed by atoms with Crippen molar-refractivity contribution in [1.82, 2.24) is 4.98 Å². The number of nitrogens with one attached hydrogen (secondary N) is 2. The van der Waals surface area contributed by atoms with E-state index < -0.39 is 10.0 Å². The van der Waals surface area contributed by atoms with Crippen LogP contribution in [0.15, 0.2) is 71.8 Å². The summed E-state index contributed by atoms with van der Waals surface area (Å²) >= 11 is 5.94. The number of halogens is 1. The molecular weight excluding hydrogens is 374 g/mol. The minimum Gasteiger partial charge on any atom is -0.497 e. The van der Waals surface area contributed by atoms with Crippen molar-refractivity contribution in [3.63, 3.8) is 0 Å². The smallest absolute Gasteiger partial charge is 0.261 e. The summed E-state index contributed by atoms with van der Waals surface area (Å²) in [5.41, 5.74) is 1.15. The largest absolute Gasteiger partial charge is 0.497 e. The Bertz CT molecular complexity index is 991. The number of hydrogen-bond donors (Lipinski definition) is 2. The van der Waals surface area contributed by atoms with Gasteiger partial charge in [-0.3, -0.25) is 4.72 Å². The number of pyridine rings is 1. The Labute approximate surface area is 156 Å². The van der Waals surface area contributed by atoms with Crippen LogP contribution in [-0.4, -0.2) is 20.5 Å². The molecule has 0 bridgehead atoms. The van der Waals surface area contributed by atoms with Crippen molar-refractivity contribution in [2.75, 3.05) is 17.1 Å². The first-order valence-electron chi connectivity index (χ1n) is 7.62. The molecule has 2 N–H and O–H groups in total. The van der Waals surface area contributed by atoms with Crippen molar-refractivity contribution in [1.29, 1.82) is 0 Å². The van der Waals surface area contributed by atoms with Crippen LogP contribution in [0.5, 0.6) is 5.75 Å². The highest BCUT2D eigenvalue weighted by molar-refractivity contribution is 7.92. The lowest BCUT2D eigenvalue weighted by molar-refractivity contribution is 0.414. The summed E-state index contributed by atoms with van der Waals surface area (Å²) in [5, 5.41) is 3.70. The van der Waals surface area contributed by atoms with Gasteiger partial charge in [0.1, 0.15) is 11.6 Å². The maximum Gasteiger partial charge on any atom is 0.261 e. The molecule has 134 valence electrons. The van der Waals surface area contributed by atoms with Crippen LogP contribution < -0.4 is 14.8 Å². The number of aromatic nitrogens is 1. The minimum absolute atomic E-state index is 0.138. The molecule has 1 aromatic heterocycles. The predicted molar refractivity (Wildman–Crippen MR) is 103 cm³/mol. The van der Waals surface area contributed by atoms with Crippen molar-refractivity contribution in [3.05, 3.63) is 71.9 Å². The number of ether oxygens (including phenoxy) is 1. The van der Waals surface area contributed by atoms with Crippen molar-refractivity contribution in [2.24, 2.45) is 0 Å². The second-order valence-corrected chi connectivity index (χ2v) is 7.47. The third kappa shape index (κ3) is 4.44. The number of hydrogen-bond acceptors (Lipinski definition) is 5. The van der Waals surface area contributed by atoms with E-state index in [0.29, 0.717) is 22.3 Å². The van der Waals surface area contributed by atoms with Crippen LogP contribution in [0.4, 0.5) is 17.2 Å². The topological polar surface area (TPSA) is 80.3 Å². The lowest BCUT2D eigenvalue weighted by Gasteiger charge is -2.10. The average Bonchev–Trinajstić information content (AvgIpc) is 2.63. The summed E-state index contributed by atoms with van der Waals surface area (Å²) in [7, 11) is -2.18. The Morgan fingerprint density at radius 2 is 1.77 bits per heavy atom. The number of methoxy groups -OCH3 is 1. The van der Waals surface area contributed by atoms with Gasteiger partial charge >= 0.3 is 0 Å². The molecule has 8 heteroatoms. The molecule has 0 fully saturated rings. The molecule has 0 aliphatic rings. The van der Waals surface area contributed by atoms with E-state index in [1.54, 1.807) is 36.4 Å². The van der Waals surface area contributed by atoms with Gasteiger partial charge in [0.2, 0.25) is 0 Å². The fourth-order valence-corrected chi connectivity index (χ4v) is 3.44. The standard InChI is InChI=1S/C18H16ClN3O3S/c1-25-16-6-8-17(9-7-16)26(23,24)22-15-5-10-18(20-12-15)21-14-4-2-3-13(19)11-14/h2-12,22H,1H3,(H,20,21). The number of sulfonamides is 1. The van der Waals surface area contributed by atoms with E-state index in [2.05, 4.69) is 15.0 Å². The Kier molecular flexibility index (Phi) is 5.29. The summed E-state index contributed by atoms with van der Waals surface area (Å²) in [4.78, 5) is 4.35. The molecule has 0 aliphatic carbocycles. The molecule has 2 aromatic carbocycles. The van der Waals surface area contributed by atoms with Gasteiger partial charge in [0.25, 0.3) is 10.0 Å². The van der Waals surface area contributed by atoms with Crippen LogP contribution >= 0.6 is 11.6 Å². The summed E-state index contributed by atoms with van der Waals surface area (Å²) in [6.45, 7) is 0. The lowest BCUT2D eigenvalue weighted by atomic mass is 10.3. The third-order valence-electron chi connectivity index (χ3n) is 3.48. The second-order valence-electron chi connectivity index (χ2n) is 5.35. The van der Waals surface area contributed by atoms with Gasteiger partial charge in [0.05, 0.1) is 23.9 Å². The van der Waals surface area contributed by atoms with Gasteiger partial charge in [-0.15, -0.1) is 0 Å². The van der Waals surface area contributed by atoms with E-state index in [0.717, 1.165) is 5.69 Å². The molecule has 0 aliphatic heterocycles. The Balaban J connectivity index is 1.71. The van der Waals surface area contributed by atoms with E-state index in [1.165, 1.54) is 25.4 Å². The summed E-state index contributed by atoms with van der Waals surface area (Å²) in [6.07, 6.45) is 1.44. The van der Waals surface area contributed by atoms with Gasteiger partial charge in [0, 0.05) is 10.7 Å². The highest BCUT2D eigenvalue weighted by Gasteiger charge is 2.14. The first-order chi connectivity index (χ1) is 12.5. The molecule has 0 atom stereocenters. The number of anilines is 3. The molecule has 3 rings (SSSR count). The zero-order valence-corrected chi connectivity index (χ0v) is 15.4. The monoisotopic (exact) mass is 389 g/mol. The van der Waals surface area contributed by atoms with Crippen LogP contribution in [0.2, 0.25) is 5.02 Å². The van der Waals surface area contributed by atoms with E-state index in [9.17, 15) is 8.42 Å². The maximum atomic E-state index is 12.4. The predicted octanol–water partition coefficient (Wildman–Crippen LogP) is 4.29. The first-order valence-corrected chi connectivity index (χ1v) is 9.48. The molecule has 1 heterocycles. The van der Waals surface area contributed by atoms with Crippen molar-refractivity contribution in [2.45, 2.75) is 4.90 Å². The van der Waals surface area contributed by atoms with E-state index in [1.807, 2.05) is 12.1 Å². The van der Waals surface area contributed by atoms with Crippen molar-refractivity contribution >= 4 is 38.8 Å². The maximum absolute atomic E-state index is 12.4. The quantitative estimate of drug-likeness (QED) is 0.657. The van der Waals surface area contributed by atoms with Gasteiger partial charge in [-0.2, -0.15) is 0 Å². The van der Waals surface area contributed by atoms with Gasteiger partial charge in [-0.1, -0.05) is 17.7 Å². The zero-order valence-electron chi connectivity index (χ0n) is 13.8. The van der Waals surface area contributed by atoms with Gasteiger partial charge < -0.3 is 10.1 Å². The fraction of sp³-hybridized carbons (Fsp3) is 0.0556. The highest BCUT2D eigenvalue weighted by atomic mass is 35.5. The van der Waals surface area contributed by atoms with Gasteiger partial charge in [-0.25, -0.2) is 13.4 Å². The number of rotatable bonds is 6.